The first-order valence-corrected chi connectivity index (χ1v) is 3.13. The summed E-state index contributed by atoms with van der Waals surface area (Å²) in [4.78, 5) is 0. The molecule has 0 bridgehead atoms. The molecule has 3 nitrogen and oxygen atoms in total. The summed E-state index contributed by atoms with van der Waals surface area (Å²) in [7, 11) is 0. The van der Waals surface area contributed by atoms with Crippen LogP contribution in [-0.4, -0.2) is 22.8 Å². The van der Waals surface area contributed by atoms with Crippen LogP contribution in [0.4, 0.5) is 0 Å². The first-order chi connectivity index (χ1) is 4.36. The van der Waals surface area contributed by atoms with Gasteiger partial charge in [0.15, 0.2) is 6.10 Å². The zero-order chi connectivity index (χ0) is 6.27. The van der Waals surface area contributed by atoms with Crippen LogP contribution in [0.5, 0.6) is 0 Å². The SMILES string of the molecule is SN1CC2OC=CC2=N1. The molecule has 2 heterocycles. The van der Waals surface area contributed by atoms with Crippen molar-refractivity contribution in [3.8, 4) is 0 Å². The van der Waals surface area contributed by atoms with E-state index in [1.807, 2.05) is 6.08 Å². The average molecular weight is 142 g/mol. The van der Waals surface area contributed by atoms with Crippen LogP contribution < -0.4 is 0 Å². The monoisotopic (exact) mass is 142 g/mol. The van der Waals surface area contributed by atoms with Crippen molar-refractivity contribution in [2.24, 2.45) is 5.10 Å². The molecule has 0 aromatic carbocycles. The van der Waals surface area contributed by atoms with Crippen molar-refractivity contribution < 1.29 is 4.74 Å². The van der Waals surface area contributed by atoms with E-state index in [-0.39, 0.29) is 6.10 Å². The van der Waals surface area contributed by atoms with Crippen LogP contribution in [0.25, 0.3) is 0 Å². The van der Waals surface area contributed by atoms with Gasteiger partial charge in [-0.3, -0.25) is 0 Å². The Labute approximate surface area is 58.5 Å². The highest BCUT2D eigenvalue weighted by molar-refractivity contribution is 7.77. The molecule has 0 amide bonds. The lowest BCUT2D eigenvalue weighted by Crippen LogP contribution is -2.17. The summed E-state index contributed by atoms with van der Waals surface area (Å²) in [5.41, 5.74) is 0.977. The molecular weight excluding hydrogens is 136 g/mol. The Morgan fingerprint density at radius 1 is 1.89 bits per heavy atom. The molecule has 0 spiro atoms. The lowest BCUT2D eigenvalue weighted by atomic mass is 10.2. The number of hydrogen-bond donors (Lipinski definition) is 1. The maximum Gasteiger partial charge on any atom is 0.162 e. The third kappa shape index (κ3) is 0.702. The molecule has 48 valence electrons. The average Bonchev–Trinajstić information content (AvgIpc) is 2.22. The van der Waals surface area contributed by atoms with Gasteiger partial charge in [-0.25, -0.2) is 4.41 Å². The van der Waals surface area contributed by atoms with Gasteiger partial charge in [-0.05, 0) is 18.9 Å². The second-order valence-corrected chi connectivity index (χ2v) is 2.47. The van der Waals surface area contributed by atoms with E-state index in [9.17, 15) is 0 Å². The Kier molecular flexibility index (Phi) is 0.958. The minimum absolute atomic E-state index is 0.141. The Morgan fingerprint density at radius 3 is 3.56 bits per heavy atom. The third-order valence-corrected chi connectivity index (χ3v) is 1.62. The highest BCUT2D eigenvalue weighted by atomic mass is 32.1. The molecule has 9 heavy (non-hydrogen) atoms. The highest BCUT2D eigenvalue weighted by Crippen LogP contribution is 2.17. The van der Waals surface area contributed by atoms with Gasteiger partial charge in [0.1, 0.15) is 5.71 Å². The van der Waals surface area contributed by atoms with E-state index in [1.165, 1.54) is 0 Å². The lowest BCUT2D eigenvalue weighted by Gasteiger charge is -2.05. The molecule has 0 fully saturated rings. The molecule has 1 unspecified atom stereocenters. The summed E-state index contributed by atoms with van der Waals surface area (Å²) in [6, 6.07) is 0. The van der Waals surface area contributed by atoms with E-state index in [0.29, 0.717) is 0 Å². The molecule has 2 rings (SSSR count). The van der Waals surface area contributed by atoms with Crippen LogP contribution in [0, 0.1) is 0 Å². The van der Waals surface area contributed by atoms with Crippen molar-refractivity contribution >= 4 is 18.5 Å². The minimum Gasteiger partial charge on any atom is -0.490 e. The molecule has 2 aliphatic rings. The summed E-state index contributed by atoms with van der Waals surface area (Å²) in [5.74, 6) is 0. The van der Waals surface area contributed by atoms with E-state index in [4.69, 9.17) is 4.74 Å². The molecule has 0 aromatic heterocycles. The summed E-state index contributed by atoms with van der Waals surface area (Å²) in [6.07, 6.45) is 3.67. The van der Waals surface area contributed by atoms with Gasteiger partial charge in [0.05, 0.1) is 12.8 Å². The zero-order valence-corrected chi connectivity index (χ0v) is 5.58. The summed E-state index contributed by atoms with van der Waals surface area (Å²) >= 11 is 4.03. The normalized spacial score (nSPS) is 30.1. The lowest BCUT2D eigenvalue weighted by molar-refractivity contribution is 0.207. The van der Waals surface area contributed by atoms with Crippen molar-refractivity contribution in [2.75, 3.05) is 6.54 Å². The number of rotatable bonds is 0. The van der Waals surface area contributed by atoms with Gasteiger partial charge in [-0.2, -0.15) is 5.10 Å². The Hall–Kier alpha value is -0.640. The molecule has 0 N–H and O–H groups in total. The second-order valence-electron chi connectivity index (χ2n) is 2.01. The van der Waals surface area contributed by atoms with Gasteiger partial charge in [0.2, 0.25) is 0 Å². The summed E-state index contributed by atoms with van der Waals surface area (Å²) in [5, 5.41) is 4.05. The maximum atomic E-state index is 5.15. The summed E-state index contributed by atoms with van der Waals surface area (Å²) in [6.45, 7) is 0.755. The quantitative estimate of drug-likeness (QED) is 0.496. The minimum atomic E-state index is 0.141. The van der Waals surface area contributed by atoms with Gasteiger partial charge in [0, 0.05) is 0 Å². The highest BCUT2D eigenvalue weighted by Gasteiger charge is 2.27. The zero-order valence-electron chi connectivity index (χ0n) is 4.69. The largest absolute Gasteiger partial charge is 0.490 e. The molecule has 1 atom stereocenters. The van der Waals surface area contributed by atoms with Crippen LogP contribution in [0.15, 0.2) is 17.4 Å². The Morgan fingerprint density at radius 2 is 2.78 bits per heavy atom. The van der Waals surface area contributed by atoms with E-state index in [2.05, 4.69) is 17.9 Å². The van der Waals surface area contributed by atoms with Gasteiger partial charge in [-0.1, -0.05) is 0 Å². The Bertz CT molecular complexity index is 189. The second kappa shape index (κ2) is 1.67. The number of ether oxygens (including phenoxy) is 1. The number of hydrogen-bond acceptors (Lipinski definition) is 4. The first kappa shape index (κ1) is 5.17. The Balaban J connectivity index is 2.26. The topological polar surface area (TPSA) is 24.8 Å². The first-order valence-electron chi connectivity index (χ1n) is 2.73. The van der Waals surface area contributed by atoms with E-state index in [0.717, 1.165) is 12.3 Å². The third-order valence-electron chi connectivity index (χ3n) is 1.37. The fraction of sp³-hybridized carbons (Fsp3) is 0.400. The van der Waals surface area contributed by atoms with Crippen molar-refractivity contribution in [3.63, 3.8) is 0 Å². The fourth-order valence-electron chi connectivity index (χ4n) is 0.938. The van der Waals surface area contributed by atoms with Crippen molar-refractivity contribution in [1.82, 2.24) is 4.41 Å². The van der Waals surface area contributed by atoms with Crippen molar-refractivity contribution in [3.05, 3.63) is 12.3 Å². The predicted octanol–water partition coefficient (Wildman–Crippen LogP) is 0.415. The smallest absolute Gasteiger partial charge is 0.162 e. The van der Waals surface area contributed by atoms with Gasteiger partial charge in [0.25, 0.3) is 0 Å². The summed E-state index contributed by atoms with van der Waals surface area (Å²) < 4.78 is 6.73. The number of hydrazone groups is 1. The van der Waals surface area contributed by atoms with E-state index < -0.39 is 0 Å². The van der Waals surface area contributed by atoms with E-state index >= 15 is 0 Å². The molecule has 0 aliphatic carbocycles. The molecule has 0 aromatic rings. The van der Waals surface area contributed by atoms with Gasteiger partial charge in [-0.15, -0.1) is 0 Å². The molecule has 0 saturated carbocycles. The maximum absolute atomic E-state index is 5.15. The van der Waals surface area contributed by atoms with Crippen LogP contribution >= 0.6 is 12.8 Å². The number of fused-ring (bicyclic) bond motifs is 1. The molecule has 0 saturated heterocycles. The van der Waals surface area contributed by atoms with E-state index in [1.54, 1.807) is 10.7 Å². The van der Waals surface area contributed by atoms with Crippen LogP contribution in [0.1, 0.15) is 0 Å². The van der Waals surface area contributed by atoms with Gasteiger partial charge < -0.3 is 4.74 Å². The molecule has 4 heteroatoms. The number of thiol groups is 1. The van der Waals surface area contributed by atoms with Crippen LogP contribution in [0.3, 0.4) is 0 Å². The molecule has 2 aliphatic heterocycles. The van der Waals surface area contributed by atoms with Crippen molar-refractivity contribution in [2.45, 2.75) is 6.10 Å². The van der Waals surface area contributed by atoms with Gasteiger partial charge >= 0.3 is 0 Å². The standard InChI is InChI=1S/C5H6N2OS/c9-7-3-5-4(6-7)1-2-8-5/h1-2,5,9H,3H2. The number of nitrogens with zero attached hydrogens (tertiary/aromatic N) is 2. The predicted molar refractivity (Wildman–Crippen MR) is 37.1 cm³/mol. The van der Waals surface area contributed by atoms with Crippen molar-refractivity contribution in [1.29, 1.82) is 0 Å². The molecular formula is C5H6N2OS. The fourth-order valence-corrected chi connectivity index (χ4v) is 1.19. The molecule has 0 radical (unpaired) electrons. The van der Waals surface area contributed by atoms with Crippen LogP contribution in [-0.2, 0) is 4.74 Å². The van der Waals surface area contributed by atoms with Crippen LogP contribution in [0.2, 0.25) is 0 Å².